The summed E-state index contributed by atoms with van der Waals surface area (Å²) in [5.74, 6) is 0. The summed E-state index contributed by atoms with van der Waals surface area (Å²) in [6, 6.07) is 4.14. The molecule has 0 aliphatic carbocycles. The van der Waals surface area contributed by atoms with Crippen LogP contribution in [0.4, 0.5) is 0 Å². The molecule has 0 saturated carbocycles. The quantitative estimate of drug-likeness (QED) is 0.888. The Labute approximate surface area is 125 Å². The Morgan fingerprint density at radius 1 is 1.30 bits per heavy atom. The molecule has 2 aromatic heterocycles. The van der Waals surface area contributed by atoms with Crippen LogP contribution in [0.2, 0.25) is 5.02 Å². The molecule has 1 unspecified atom stereocenters. The maximum Gasteiger partial charge on any atom is 0.0837 e. The molecule has 2 rings (SSSR count). The summed E-state index contributed by atoms with van der Waals surface area (Å²) in [4.78, 5) is 4.38. The van der Waals surface area contributed by atoms with Gasteiger partial charge in [0.15, 0.2) is 0 Å². The number of aryl methyl sites for hydroxylation is 2. The van der Waals surface area contributed by atoms with E-state index in [0.29, 0.717) is 5.02 Å². The summed E-state index contributed by atoms with van der Waals surface area (Å²) < 4.78 is 1.98. The molecule has 5 heteroatoms. The normalized spacial score (nSPS) is 12.6. The van der Waals surface area contributed by atoms with Crippen LogP contribution >= 0.6 is 11.6 Å². The van der Waals surface area contributed by atoms with Crippen molar-refractivity contribution in [1.29, 1.82) is 0 Å². The number of nitrogens with one attached hydrogen (secondary N) is 1. The van der Waals surface area contributed by atoms with Crippen molar-refractivity contribution < 1.29 is 0 Å². The van der Waals surface area contributed by atoms with Crippen molar-refractivity contribution in [2.45, 2.75) is 39.8 Å². The van der Waals surface area contributed by atoms with Crippen molar-refractivity contribution in [2.24, 2.45) is 0 Å². The molecule has 1 atom stereocenters. The van der Waals surface area contributed by atoms with Gasteiger partial charge in [0, 0.05) is 18.4 Å². The second-order valence-electron chi connectivity index (χ2n) is 4.82. The van der Waals surface area contributed by atoms with E-state index in [1.807, 2.05) is 23.9 Å². The number of hydrogen-bond acceptors (Lipinski definition) is 3. The first-order valence-corrected chi connectivity index (χ1v) is 7.42. The monoisotopic (exact) mass is 292 g/mol. The molecule has 2 aromatic rings. The highest BCUT2D eigenvalue weighted by molar-refractivity contribution is 6.31. The van der Waals surface area contributed by atoms with E-state index in [9.17, 15) is 0 Å². The van der Waals surface area contributed by atoms with Crippen LogP contribution in [0.15, 0.2) is 24.5 Å². The van der Waals surface area contributed by atoms with E-state index in [0.717, 1.165) is 36.5 Å². The van der Waals surface area contributed by atoms with Crippen molar-refractivity contribution in [3.8, 4) is 0 Å². The molecule has 0 bridgehead atoms. The molecule has 1 N–H and O–H groups in total. The van der Waals surface area contributed by atoms with Gasteiger partial charge in [0.25, 0.3) is 0 Å². The third-order valence-electron chi connectivity index (χ3n) is 3.22. The van der Waals surface area contributed by atoms with Crippen LogP contribution in [-0.4, -0.2) is 21.3 Å². The Balaban J connectivity index is 2.42. The number of aromatic nitrogens is 3. The summed E-state index contributed by atoms with van der Waals surface area (Å²) >= 11 is 6.35. The number of nitrogens with zero attached hydrogens (tertiary/aromatic N) is 3. The highest BCUT2D eigenvalue weighted by atomic mass is 35.5. The van der Waals surface area contributed by atoms with Gasteiger partial charge in [0.2, 0.25) is 0 Å². The lowest BCUT2D eigenvalue weighted by Crippen LogP contribution is -2.25. The SMILES string of the molecule is CCCn1ncc(Cl)c1C(NCC)c1ccc(C)nc1. The van der Waals surface area contributed by atoms with E-state index in [1.54, 1.807) is 6.20 Å². The van der Waals surface area contributed by atoms with Gasteiger partial charge < -0.3 is 5.32 Å². The van der Waals surface area contributed by atoms with Crippen LogP contribution in [0.5, 0.6) is 0 Å². The number of rotatable bonds is 6. The van der Waals surface area contributed by atoms with E-state index in [2.05, 4.69) is 35.3 Å². The van der Waals surface area contributed by atoms with Crippen LogP contribution in [0, 0.1) is 6.92 Å². The number of hydrogen-bond donors (Lipinski definition) is 1. The van der Waals surface area contributed by atoms with Crippen molar-refractivity contribution in [1.82, 2.24) is 20.1 Å². The summed E-state index contributed by atoms with van der Waals surface area (Å²) in [5, 5.41) is 8.55. The average Bonchev–Trinajstić information content (AvgIpc) is 2.79. The largest absolute Gasteiger partial charge is 0.305 e. The van der Waals surface area contributed by atoms with Crippen molar-refractivity contribution >= 4 is 11.6 Å². The Bertz CT molecular complexity index is 548. The van der Waals surface area contributed by atoms with Crippen LogP contribution in [-0.2, 0) is 6.54 Å². The third kappa shape index (κ3) is 3.19. The van der Waals surface area contributed by atoms with E-state index >= 15 is 0 Å². The molecule has 0 fully saturated rings. The predicted octanol–water partition coefficient (Wildman–Crippen LogP) is 3.35. The van der Waals surface area contributed by atoms with E-state index < -0.39 is 0 Å². The van der Waals surface area contributed by atoms with Gasteiger partial charge in [0.1, 0.15) is 0 Å². The molecule has 108 valence electrons. The zero-order valence-electron chi connectivity index (χ0n) is 12.2. The maximum atomic E-state index is 6.35. The lowest BCUT2D eigenvalue weighted by Gasteiger charge is -2.20. The van der Waals surface area contributed by atoms with E-state index in [1.165, 1.54) is 0 Å². The fourth-order valence-electron chi connectivity index (χ4n) is 2.28. The topological polar surface area (TPSA) is 42.7 Å². The zero-order chi connectivity index (χ0) is 14.5. The maximum absolute atomic E-state index is 6.35. The van der Waals surface area contributed by atoms with E-state index in [4.69, 9.17) is 11.6 Å². The Hall–Kier alpha value is -1.39. The summed E-state index contributed by atoms with van der Waals surface area (Å²) in [6.07, 6.45) is 4.65. The fraction of sp³-hybridized carbons (Fsp3) is 0.467. The Morgan fingerprint density at radius 2 is 2.10 bits per heavy atom. The first kappa shape index (κ1) is 15.0. The number of pyridine rings is 1. The molecule has 20 heavy (non-hydrogen) atoms. The Kier molecular flexibility index (Phi) is 5.15. The summed E-state index contributed by atoms with van der Waals surface area (Å²) in [6.45, 7) is 7.92. The minimum Gasteiger partial charge on any atom is -0.305 e. The van der Waals surface area contributed by atoms with E-state index in [-0.39, 0.29) is 6.04 Å². The summed E-state index contributed by atoms with van der Waals surface area (Å²) in [5.41, 5.74) is 3.13. The van der Waals surface area contributed by atoms with Gasteiger partial charge in [0.05, 0.1) is 23.0 Å². The lowest BCUT2D eigenvalue weighted by atomic mass is 10.1. The summed E-state index contributed by atoms with van der Waals surface area (Å²) in [7, 11) is 0. The third-order valence-corrected chi connectivity index (χ3v) is 3.51. The Morgan fingerprint density at radius 3 is 2.70 bits per heavy atom. The average molecular weight is 293 g/mol. The molecule has 0 spiro atoms. The van der Waals surface area contributed by atoms with Crippen LogP contribution in [0.25, 0.3) is 0 Å². The highest BCUT2D eigenvalue weighted by Gasteiger charge is 2.21. The molecule has 0 saturated heterocycles. The first-order valence-electron chi connectivity index (χ1n) is 7.04. The van der Waals surface area contributed by atoms with Gasteiger partial charge >= 0.3 is 0 Å². The van der Waals surface area contributed by atoms with Crippen LogP contribution < -0.4 is 5.32 Å². The van der Waals surface area contributed by atoms with Gasteiger partial charge in [-0.1, -0.05) is 31.5 Å². The van der Waals surface area contributed by atoms with Crippen molar-refractivity contribution in [3.63, 3.8) is 0 Å². The standard InChI is InChI=1S/C15H21ClN4/c1-4-8-20-15(13(16)10-19-20)14(17-5-2)12-7-6-11(3)18-9-12/h6-7,9-10,14,17H,4-5,8H2,1-3H3. The minimum absolute atomic E-state index is 0.0228. The number of halogens is 1. The molecule has 2 heterocycles. The van der Waals surface area contributed by atoms with Crippen molar-refractivity contribution in [3.05, 3.63) is 46.5 Å². The molecule has 0 aliphatic rings. The van der Waals surface area contributed by atoms with Gasteiger partial charge in [-0.3, -0.25) is 9.67 Å². The first-order chi connectivity index (χ1) is 9.67. The lowest BCUT2D eigenvalue weighted by molar-refractivity contribution is 0.520. The molecule has 4 nitrogen and oxygen atoms in total. The molecule has 0 aliphatic heterocycles. The molecular formula is C15H21ClN4. The molecule has 0 radical (unpaired) electrons. The predicted molar refractivity (Wildman–Crippen MR) is 82.0 cm³/mol. The minimum atomic E-state index is 0.0228. The van der Waals surface area contributed by atoms with Gasteiger partial charge in [-0.25, -0.2) is 0 Å². The van der Waals surface area contributed by atoms with Gasteiger partial charge in [-0.15, -0.1) is 0 Å². The van der Waals surface area contributed by atoms with Crippen LogP contribution in [0.3, 0.4) is 0 Å². The highest BCUT2D eigenvalue weighted by Crippen LogP contribution is 2.28. The van der Waals surface area contributed by atoms with Gasteiger partial charge in [-0.2, -0.15) is 5.10 Å². The van der Waals surface area contributed by atoms with Crippen molar-refractivity contribution in [2.75, 3.05) is 6.54 Å². The fourth-order valence-corrected chi connectivity index (χ4v) is 2.53. The second-order valence-corrected chi connectivity index (χ2v) is 5.23. The smallest absolute Gasteiger partial charge is 0.0837 e. The van der Waals surface area contributed by atoms with Crippen LogP contribution in [0.1, 0.15) is 43.3 Å². The second kappa shape index (κ2) is 6.86. The molecule has 0 aromatic carbocycles. The molecule has 0 amide bonds. The zero-order valence-corrected chi connectivity index (χ0v) is 13.0. The molecular weight excluding hydrogens is 272 g/mol. The van der Waals surface area contributed by atoms with Gasteiger partial charge in [-0.05, 0) is 31.5 Å².